The highest BCUT2D eigenvalue weighted by atomic mass is 32.1. The van der Waals surface area contributed by atoms with E-state index in [0.717, 1.165) is 4.88 Å². The second kappa shape index (κ2) is 6.50. The van der Waals surface area contributed by atoms with E-state index in [1.807, 2.05) is 0 Å². The first-order chi connectivity index (χ1) is 12.5. The predicted octanol–water partition coefficient (Wildman–Crippen LogP) is 1.80. The quantitative estimate of drug-likeness (QED) is 0.744. The van der Waals surface area contributed by atoms with Crippen LogP contribution in [-0.2, 0) is 11.2 Å². The van der Waals surface area contributed by atoms with Crippen molar-refractivity contribution in [2.45, 2.75) is 12.5 Å². The first-order valence-corrected chi connectivity index (χ1v) is 8.80. The monoisotopic (exact) mass is 376 g/mol. The third-order valence-corrected chi connectivity index (χ3v) is 5.48. The SMILES string of the molecule is Nc1sc2c(c1C(=O)O)CCOC2CNC(=O)c1ccc2c(c1)OCO2. The largest absolute Gasteiger partial charge is 0.478 e. The van der Waals surface area contributed by atoms with E-state index >= 15 is 0 Å². The van der Waals surface area contributed by atoms with Crippen LogP contribution in [0.4, 0.5) is 5.00 Å². The zero-order valence-electron chi connectivity index (χ0n) is 13.6. The lowest BCUT2D eigenvalue weighted by molar-refractivity contribution is 0.0432. The maximum absolute atomic E-state index is 12.4. The summed E-state index contributed by atoms with van der Waals surface area (Å²) in [6.07, 6.45) is 0.0780. The second-order valence-corrected chi connectivity index (χ2v) is 6.96. The van der Waals surface area contributed by atoms with Gasteiger partial charge in [0, 0.05) is 17.0 Å². The van der Waals surface area contributed by atoms with Crippen molar-refractivity contribution < 1.29 is 28.9 Å². The molecule has 2 aliphatic rings. The van der Waals surface area contributed by atoms with Gasteiger partial charge in [0.05, 0.1) is 12.2 Å². The number of anilines is 1. The first-order valence-electron chi connectivity index (χ1n) is 7.98. The average Bonchev–Trinajstić information content (AvgIpc) is 3.22. The molecule has 8 nitrogen and oxygen atoms in total. The Hall–Kier alpha value is -2.78. The Bertz CT molecular complexity index is 894. The maximum Gasteiger partial charge on any atom is 0.338 e. The third-order valence-electron chi connectivity index (χ3n) is 4.33. The van der Waals surface area contributed by atoms with Gasteiger partial charge in [-0.1, -0.05) is 0 Å². The van der Waals surface area contributed by atoms with Gasteiger partial charge in [-0.3, -0.25) is 4.79 Å². The van der Waals surface area contributed by atoms with Gasteiger partial charge in [0.15, 0.2) is 11.5 Å². The Morgan fingerprint density at radius 2 is 2.12 bits per heavy atom. The van der Waals surface area contributed by atoms with Crippen molar-refractivity contribution >= 4 is 28.2 Å². The van der Waals surface area contributed by atoms with Gasteiger partial charge in [-0.15, -0.1) is 11.3 Å². The zero-order valence-corrected chi connectivity index (χ0v) is 14.4. The Balaban J connectivity index is 1.48. The van der Waals surface area contributed by atoms with Crippen LogP contribution >= 0.6 is 11.3 Å². The van der Waals surface area contributed by atoms with Gasteiger partial charge < -0.3 is 30.4 Å². The van der Waals surface area contributed by atoms with Crippen molar-refractivity contribution in [3.05, 3.63) is 39.8 Å². The van der Waals surface area contributed by atoms with E-state index in [0.29, 0.717) is 35.7 Å². The fourth-order valence-electron chi connectivity index (χ4n) is 3.10. The van der Waals surface area contributed by atoms with Crippen LogP contribution in [0.2, 0.25) is 0 Å². The predicted molar refractivity (Wildman–Crippen MR) is 93.0 cm³/mol. The first kappa shape index (κ1) is 16.7. The van der Waals surface area contributed by atoms with E-state index in [9.17, 15) is 14.7 Å². The summed E-state index contributed by atoms with van der Waals surface area (Å²) in [4.78, 5) is 24.6. The van der Waals surface area contributed by atoms with Crippen molar-refractivity contribution in [1.82, 2.24) is 5.32 Å². The normalized spacial score (nSPS) is 17.6. The molecule has 4 N–H and O–H groups in total. The molecule has 1 atom stereocenters. The Labute approximate surface area is 152 Å². The van der Waals surface area contributed by atoms with Crippen LogP contribution in [-0.4, -0.2) is 36.9 Å². The lowest BCUT2D eigenvalue weighted by atomic mass is 10.0. The average molecular weight is 376 g/mol. The number of carbonyl (C=O) groups excluding carboxylic acids is 1. The molecule has 9 heteroatoms. The summed E-state index contributed by atoms with van der Waals surface area (Å²) >= 11 is 1.20. The molecule has 0 aliphatic carbocycles. The number of amides is 1. The van der Waals surface area contributed by atoms with Gasteiger partial charge in [0.25, 0.3) is 5.91 Å². The molecule has 1 aromatic heterocycles. The highest BCUT2D eigenvalue weighted by Gasteiger charge is 2.30. The molecule has 1 amide bonds. The molecule has 0 fully saturated rings. The number of hydrogen-bond donors (Lipinski definition) is 3. The minimum absolute atomic E-state index is 0.144. The number of nitrogens with two attached hydrogens (primary N) is 1. The lowest BCUT2D eigenvalue weighted by Crippen LogP contribution is -2.31. The Kier molecular flexibility index (Phi) is 4.17. The fraction of sp³-hybridized carbons (Fsp3) is 0.294. The number of rotatable bonds is 4. The summed E-state index contributed by atoms with van der Waals surface area (Å²) in [5.74, 6) is -0.171. The molecule has 2 aromatic rings. The molecular weight excluding hydrogens is 360 g/mol. The molecule has 26 heavy (non-hydrogen) atoms. The van der Waals surface area contributed by atoms with Gasteiger partial charge in [-0.2, -0.15) is 0 Å². The number of carbonyl (C=O) groups is 2. The molecule has 0 radical (unpaired) electrons. The molecule has 0 bridgehead atoms. The number of fused-ring (bicyclic) bond motifs is 2. The number of aromatic carboxylic acids is 1. The van der Waals surface area contributed by atoms with Crippen molar-refractivity contribution in [3.63, 3.8) is 0 Å². The van der Waals surface area contributed by atoms with Crippen LogP contribution in [0.3, 0.4) is 0 Å². The highest BCUT2D eigenvalue weighted by Crippen LogP contribution is 2.39. The van der Waals surface area contributed by atoms with Gasteiger partial charge in [0.2, 0.25) is 6.79 Å². The van der Waals surface area contributed by atoms with Gasteiger partial charge in [-0.05, 0) is 30.2 Å². The van der Waals surface area contributed by atoms with Gasteiger partial charge >= 0.3 is 5.97 Å². The topological polar surface area (TPSA) is 120 Å². The summed E-state index contributed by atoms with van der Waals surface area (Å²) in [7, 11) is 0. The molecule has 136 valence electrons. The van der Waals surface area contributed by atoms with Crippen LogP contribution in [0.5, 0.6) is 11.5 Å². The van der Waals surface area contributed by atoms with Crippen LogP contribution < -0.4 is 20.5 Å². The third kappa shape index (κ3) is 2.85. The molecule has 3 heterocycles. The smallest absolute Gasteiger partial charge is 0.338 e. The number of carboxylic acids is 1. The molecule has 0 saturated carbocycles. The van der Waals surface area contributed by atoms with E-state index < -0.39 is 12.1 Å². The van der Waals surface area contributed by atoms with Crippen molar-refractivity contribution in [2.24, 2.45) is 0 Å². The van der Waals surface area contributed by atoms with Crippen LogP contribution in [0.25, 0.3) is 0 Å². The summed E-state index contributed by atoms with van der Waals surface area (Å²) < 4.78 is 16.2. The van der Waals surface area contributed by atoms with Crippen LogP contribution in [0.15, 0.2) is 18.2 Å². The number of carboxylic acid groups (broad SMARTS) is 1. The summed E-state index contributed by atoms with van der Waals surface area (Å²) in [6.45, 7) is 0.748. The second-order valence-electron chi connectivity index (χ2n) is 5.88. The molecule has 2 aliphatic heterocycles. The molecule has 0 spiro atoms. The van der Waals surface area contributed by atoms with E-state index in [1.165, 1.54) is 11.3 Å². The van der Waals surface area contributed by atoms with Crippen LogP contribution in [0.1, 0.15) is 37.3 Å². The lowest BCUT2D eigenvalue weighted by Gasteiger charge is -2.23. The Morgan fingerprint density at radius 1 is 1.31 bits per heavy atom. The minimum Gasteiger partial charge on any atom is -0.478 e. The molecule has 1 aromatic carbocycles. The van der Waals surface area contributed by atoms with E-state index in [4.69, 9.17) is 19.9 Å². The highest BCUT2D eigenvalue weighted by molar-refractivity contribution is 7.16. The van der Waals surface area contributed by atoms with Gasteiger partial charge in [-0.25, -0.2) is 4.79 Å². The van der Waals surface area contributed by atoms with E-state index in [1.54, 1.807) is 18.2 Å². The van der Waals surface area contributed by atoms with E-state index in [-0.39, 0.29) is 29.8 Å². The zero-order chi connectivity index (χ0) is 18.3. The number of ether oxygens (including phenoxy) is 3. The number of hydrogen-bond acceptors (Lipinski definition) is 7. The van der Waals surface area contributed by atoms with E-state index in [2.05, 4.69) is 5.32 Å². The summed E-state index contributed by atoms with van der Waals surface area (Å²) in [5.41, 5.74) is 7.15. The Morgan fingerprint density at radius 3 is 2.92 bits per heavy atom. The van der Waals surface area contributed by atoms with Gasteiger partial charge in [0.1, 0.15) is 11.1 Å². The van der Waals surface area contributed by atoms with Crippen LogP contribution in [0, 0.1) is 0 Å². The van der Waals surface area contributed by atoms with Crippen molar-refractivity contribution in [3.8, 4) is 11.5 Å². The fourth-order valence-corrected chi connectivity index (χ4v) is 4.26. The van der Waals surface area contributed by atoms with Crippen molar-refractivity contribution in [1.29, 1.82) is 0 Å². The van der Waals surface area contributed by atoms with Crippen molar-refractivity contribution in [2.75, 3.05) is 25.7 Å². The number of benzene rings is 1. The number of nitrogens with one attached hydrogen (secondary N) is 1. The summed E-state index contributed by atoms with van der Waals surface area (Å²) in [6, 6.07) is 4.96. The summed E-state index contributed by atoms with van der Waals surface area (Å²) in [5, 5.41) is 12.4. The standard InChI is InChI=1S/C17H16N2O6S/c18-15-13(17(21)22)9-3-4-23-12(14(9)26-15)6-19-16(20)8-1-2-10-11(5-8)25-7-24-10/h1-2,5,12H,3-4,6-7,18H2,(H,19,20)(H,21,22). The minimum atomic E-state index is -1.04. The number of thiophene rings is 1. The maximum atomic E-state index is 12.4. The molecule has 0 saturated heterocycles. The molecule has 1 unspecified atom stereocenters. The number of nitrogen functional groups attached to an aromatic ring is 1. The molecular formula is C17H16N2O6S. The molecule has 4 rings (SSSR count).